The quantitative estimate of drug-likeness (QED) is 0.362. The van der Waals surface area contributed by atoms with Crippen molar-refractivity contribution in [1.82, 2.24) is 0 Å². The first-order valence-electron chi connectivity index (χ1n) is 13.0. The molecule has 4 rings (SSSR count). The van der Waals surface area contributed by atoms with E-state index in [9.17, 15) is 5.11 Å². The van der Waals surface area contributed by atoms with E-state index in [-0.39, 0.29) is 6.61 Å². The van der Waals surface area contributed by atoms with E-state index in [0.29, 0.717) is 19.8 Å². The lowest BCUT2D eigenvalue weighted by molar-refractivity contribution is -0.258. The van der Waals surface area contributed by atoms with Gasteiger partial charge in [-0.1, -0.05) is 104 Å². The number of aliphatic hydroxyl groups excluding tert-OH is 1. The highest BCUT2D eigenvalue weighted by molar-refractivity contribution is 5.17. The van der Waals surface area contributed by atoms with Crippen LogP contribution < -0.4 is 0 Å². The van der Waals surface area contributed by atoms with Crippen molar-refractivity contribution in [2.45, 2.75) is 70.1 Å². The van der Waals surface area contributed by atoms with Crippen molar-refractivity contribution in [3.63, 3.8) is 0 Å². The van der Waals surface area contributed by atoms with Crippen LogP contribution in [0.3, 0.4) is 0 Å². The van der Waals surface area contributed by atoms with Gasteiger partial charge in [-0.15, -0.1) is 5.92 Å². The second-order valence-electron chi connectivity index (χ2n) is 9.13. The van der Waals surface area contributed by atoms with Gasteiger partial charge in [0, 0.05) is 6.42 Å². The summed E-state index contributed by atoms with van der Waals surface area (Å²) >= 11 is 0. The number of rotatable bonds is 11. The van der Waals surface area contributed by atoms with Crippen molar-refractivity contribution in [2.75, 3.05) is 6.61 Å². The molecule has 0 aromatic heterocycles. The normalized spacial score (nSPS) is 23.2. The van der Waals surface area contributed by atoms with Crippen LogP contribution in [0.25, 0.3) is 0 Å². The van der Waals surface area contributed by atoms with Gasteiger partial charge < -0.3 is 24.1 Å². The number of hydrogen-bond acceptors (Lipinski definition) is 5. The Morgan fingerprint density at radius 2 is 1.14 bits per heavy atom. The summed E-state index contributed by atoms with van der Waals surface area (Å²) in [5.74, 6) is 6.46. The molecule has 0 spiro atoms. The first kappa shape index (κ1) is 27.1. The molecule has 5 atom stereocenters. The molecule has 3 aromatic carbocycles. The summed E-state index contributed by atoms with van der Waals surface area (Å²) in [6, 6.07) is 30.0. The molecular formula is C32H36O5. The van der Waals surface area contributed by atoms with Gasteiger partial charge in [0.05, 0.1) is 26.4 Å². The van der Waals surface area contributed by atoms with Crippen molar-refractivity contribution >= 4 is 0 Å². The van der Waals surface area contributed by atoms with Crippen LogP contribution in [-0.4, -0.2) is 42.2 Å². The van der Waals surface area contributed by atoms with Crippen molar-refractivity contribution in [3.05, 3.63) is 108 Å². The fourth-order valence-corrected chi connectivity index (χ4v) is 4.35. The Hall–Kier alpha value is -2.98. The highest BCUT2D eigenvalue weighted by atomic mass is 16.6. The zero-order valence-corrected chi connectivity index (χ0v) is 21.4. The molecular weight excluding hydrogens is 464 g/mol. The maximum absolute atomic E-state index is 10.3. The number of ether oxygens (including phenoxy) is 4. The molecule has 0 bridgehead atoms. The largest absolute Gasteiger partial charge is 0.394 e. The third-order valence-electron chi connectivity index (χ3n) is 6.29. The summed E-state index contributed by atoms with van der Waals surface area (Å²) in [6.45, 7) is 3.03. The van der Waals surface area contributed by atoms with Crippen molar-refractivity contribution in [3.8, 4) is 11.8 Å². The second-order valence-corrected chi connectivity index (χ2v) is 9.13. The summed E-state index contributed by atoms with van der Waals surface area (Å²) in [6.07, 6.45) is -0.976. The van der Waals surface area contributed by atoms with Crippen LogP contribution >= 0.6 is 0 Å². The van der Waals surface area contributed by atoms with Gasteiger partial charge in [-0.2, -0.15) is 0 Å². The van der Waals surface area contributed by atoms with Crippen LogP contribution in [-0.2, 0) is 38.8 Å². The van der Waals surface area contributed by atoms with E-state index in [1.165, 1.54) is 0 Å². The van der Waals surface area contributed by atoms with Gasteiger partial charge in [0.1, 0.15) is 30.5 Å². The molecule has 0 radical (unpaired) electrons. The van der Waals surface area contributed by atoms with E-state index in [4.69, 9.17) is 18.9 Å². The highest BCUT2D eigenvalue weighted by Gasteiger charge is 2.47. The van der Waals surface area contributed by atoms with E-state index in [0.717, 1.165) is 29.5 Å². The lowest BCUT2D eigenvalue weighted by atomic mass is 9.94. The molecule has 1 aliphatic heterocycles. The fraction of sp³-hybridized carbons (Fsp3) is 0.375. The molecule has 1 aliphatic rings. The van der Waals surface area contributed by atoms with Gasteiger partial charge >= 0.3 is 0 Å². The molecule has 0 aliphatic carbocycles. The average molecular weight is 501 g/mol. The molecule has 3 aromatic rings. The first-order chi connectivity index (χ1) is 18.3. The topological polar surface area (TPSA) is 57.2 Å². The number of aliphatic hydroxyl groups is 1. The van der Waals surface area contributed by atoms with E-state index < -0.39 is 30.5 Å². The van der Waals surface area contributed by atoms with E-state index in [1.54, 1.807) is 0 Å². The average Bonchev–Trinajstić information content (AvgIpc) is 2.96. The summed E-state index contributed by atoms with van der Waals surface area (Å²) in [5, 5.41) is 10.3. The lowest BCUT2D eigenvalue weighted by Crippen LogP contribution is -2.60. The van der Waals surface area contributed by atoms with Gasteiger partial charge in [0.2, 0.25) is 0 Å². The van der Waals surface area contributed by atoms with Crippen LogP contribution in [0.5, 0.6) is 0 Å². The number of unbranched alkanes of at least 4 members (excludes halogenated alkanes) is 1. The SMILES string of the molecule is CCCC#C[C@H]1O[C@H](CO)[C@H](OCc2ccccc2)[C@H](OCc2ccccc2)[C@H]1OCc1ccccc1. The van der Waals surface area contributed by atoms with Gasteiger partial charge in [0.25, 0.3) is 0 Å². The van der Waals surface area contributed by atoms with Crippen LogP contribution in [0.15, 0.2) is 91.0 Å². The maximum atomic E-state index is 10.3. The van der Waals surface area contributed by atoms with E-state index in [2.05, 4.69) is 18.8 Å². The molecule has 1 saturated heterocycles. The molecule has 0 amide bonds. The number of benzene rings is 3. The third-order valence-corrected chi connectivity index (χ3v) is 6.29. The Kier molecular flexibility index (Phi) is 10.7. The monoisotopic (exact) mass is 500 g/mol. The van der Waals surface area contributed by atoms with Gasteiger partial charge in [-0.3, -0.25) is 0 Å². The summed E-state index contributed by atoms with van der Waals surface area (Å²) < 4.78 is 25.7. The first-order valence-corrected chi connectivity index (χ1v) is 13.0. The van der Waals surface area contributed by atoms with E-state index >= 15 is 0 Å². The van der Waals surface area contributed by atoms with Crippen molar-refractivity contribution < 1.29 is 24.1 Å². The fourth-order valence-electron chi connectivity index (χ4n) is 4.35. The minimum absolute atomic E-state index is 0.206. The molecule has 5 nitrogen and oxygen atoms in total. The molecule has 5 heteroatoms. The summed E-state index contributed by atoms with van der Waals surface area (Å²) in [4.78, 5) is 0. The Morgan fingerprint density at radius 1 is 0.676 bits per heavy atom. The lowest BCUT2D eigenvalue weighted by Gasteiger charge is -2.44. The summed E-state index contributed by atoms with van der Waals surface area (Å²) in [5.41, 5.74) is 3.13. The van der Waals surface area contributed by atoms with Crippen LogP contribution in [0.1, 0.15) is 36.5 Å². The second kappa shape index (κ2) is 14.7. The molecule has 1 N–H and O–H groups in total. The van der Waals surface area contributed by atoms with Crippen LogP contribution in [0.2, 0.25) is 0 Å². The Labute approximate surface area is 220 Å². The molecule has 1 heterocycles. The van der Waals surface area contributed by atoms with Crippen molar-refractivity contribution in [1.29, 1.82) is 0 Å². The van der Waals surface area contributed by atoms with Gasteiger partial charge in [-0.25, -0.2) is 0 Å². The van der Waals surface area contributed by atoms with E-state index in [1.807, 2.05) is 91.0 Å². The smallest absolute Gasteiger partial charge is 0.147 e. The minimum Gasteiger partial charge on any atom is -0.394 e. The van der Waals surface area contributed by atoms with Gasteiger partial charge in [0.15, 0.2) is 0 Å². The highest BCUT2D eigenvalue weighted by Crippen LogP contribution is 2.30. The maximum Gasteiger partial charge on any atom is 0.147 e. The third kappa shape index (κ3) is 8.00. The number of hydrogen-bond donors (Lipinski definition) is 1. The Bertz CT molecular complexity index is 1090. The zero-order valence-electron chi connectivity index (χ0n) is 21.4. The zero-order chi connectivity index (χ0) is 25.7. The Morgan fingerprint density at radius 3 is 1.59 bits per heavy atom. The molecule has 1 fully saturated rings. The molecule has 0 saturated carbocycles. The predicted molar refractivity (Wildman–Crippen MR) is 143 cm³/mol. The van der Waals surface area contributed by atoms with Crippen molar-refractivity contribution in [2.24, 2.45) is 0 Å². The van der Waals surface area contributed by atoms with Gasteiger partial charge in [-0.05, 0) is 23.1 Å². The summed E-state index contributed by atoms with van der Waals surface area (Å²) in [7, 11) is 0. The minimum atomic E-state index is -0.595. The predicted octanol–water partition coefficient (Wildman–Crippen LogP) is 5.31. The standard InChI is InChI=1S/C32H36O5/c1-2-3-7-20-28-30(34-22-25-14-8-4-9-15-25)32(36-24-27-18-12-6-13-19-27)31(29(21-33)37-28)35-23-26-16-10-5-11-17-26/h4-6,8-19,28-33H,2-3,21-24H2,1H3/t28-,29-,30+,31+,32-/m1/s1. The molecule has 0 unspecified atom stereocenters. The van der Waals surface area contributed by atoms with Crippen LogP contribution in [0, 0.1) is 11.8 Å². The van der Waals surface area contributed by atoms with Crippen LogP contribution in [0.4, 0.5) is 0 Å². The molecule has 37 heavy (non-hydrogen) atoms. The molecule has 194 valence electrons. The Balaban J connectivity index is 1.61.